The molecule has 2 rings (SSSR count). The van der Waals surface area contributed by atoms with Crippen LogP contribution in [0.4, 0.5) is 13.2 Å². The molecule has 0 bridgehead atoms. The van der Waals surface area contributed by atoms with Crippen LogP contribution in [0.3, 0.4) is 0 Å². The number of benzene rings is 1. The Morgan fingerprint density at radius 1 is 1.17 bits per heavy atom. The minimum atomic E-state index is -4.07. The van der Waals surface area contributed by atoms with E-state index in [0.717, 1.165) is 16.5 Å². The van der Waals surface area contributed by atoms with Gasteiger partial charge in [-0.05, 0) is 35.6 Å². The molecular weight excluding hydrogens is 241 g/mol. The second-order valence-corrected chi connectivity index (χ2v) is 4.33. The maximum atomic E-state index is 12.1. The van der Waals surface area contributed by atoms with Crippen molar-refractivity contribution in [2.75, 3.05) is 0 Å². The molecule has 98 valence electrons. The van der Waals surface area contributed by atoms with E-state index in [1.54, 1.807) is 0 Å². The van der Waals surface area contributed by atoms with Gasteiger partial charge in [-0.2, -0.15) is 13.2 Å². The third kappa shape index (κ3) is 3.04. The third-order valence-corrected chi connectivity index (χ3v) is 2.93. The SMILES string of the molecule is NCc1ccc2c(ccn2CCCC(F)(F)F)c1. The van der Waals surface area contributed by atoms with Crippen LogP contribution in [-0.4, -0.2) is 10.7 Å². The number of aromatic nitrogens is 1. The van der Waals surface area contributed by atoms with Crippen molar-refractivity contribution in [1.29, 1.82) is 0 Å². The van der Waals surface area contributed by atoms with Crippen LogP contribution in [0.1, 0.15) is 18.4 Å². The van der Waals surface area contributed by atoms with Gasteiger partial charge >= 0.3 is 6.18 Å². The highest BCUT2D eigenvalue weighted by atomic mass is 19.4. The van der Waals surface area contributed by atoms with Crippen molar-refractivity contribution < 1.29 is 13.2 Å². The molecule has 1 heterocycles. The molecule has 1 aromatic heterocycles. The topological polar surface area (TPSA) is 30.9 Å². The summed E-state index contributed by atoms with van der Waals surface area (Å²) in [5.74, 6) is 0. The Hall–Kier alpha value is -1.49. The normalized spacial score (nSPS) is 12.2. The number of nitrogens with two attached hydrogens (primary N) is 1. The molecule has 18 heavy (non-hydrogen) atoms. The highest BCUT2D eigenvalue weighted by Crippen LogP contribution is 2.23. The van der Waals surface area contributed by atoms with Gasteiger partial charge in [0.25, 0.3) is 0 Å². The molecule has 0 radical (unpaired) electrons. The lowest BCUT2D eigenvalue weighted by atomic mass is 10.1. The van der Waals surface area contributed by atoms with Crippen LogP contribution in [0.15, 0.2) is 30.5 Å². The zero-order valence-electron chi connectivity index (χ0n) is 9.87. The number of hydrogen-bond acceptors (Lipinski definition) is 1. The molecule has 0 aliphatic rings. The Labute approximate surface area is 103 Å². The summed E-state index contributed by atoms with van der Waals surface area (Å²) in [6.45, 7) is 0.847. The fourth-order valence-electron chi connectivity index (χ4n) is 2.02. The summed E-state index contributed by atoms with van der Waals surface area (Å²) in [7, 11) is 0. The summed E-state index contributed by atoms with van der Waals surface area (Å²) < 4.78 is 38.1. The minimum absolute atomic E-state index is 0.103. The van der Waals surface area contributed by atoms with E-state index in [2.05, 4.69) is 0 Å². The van der Waals surface area contributed by atoms with Crippen molar-refractivity contribution in [2.45, 2.75) is 32.1 Å². The lowest BCUT2D eigenvalue weighted by Crippen LogP contribution is -2.08. The molecule has 2 aromatic rings. The fourth-order valence-corrected chi connectivity index (χ4v) is 2.02. The van der Waals surface area contributed by atoms with Crippen molar-refractivity contribution in [2.24, 2.45) is 5.73 Å². The van der Waals surface area contributed by atoms with Crippen LogP contribution in [0, 0.1) is 0 Å². The number of rotatable bonds is 4. The Morgan fingerprint density at radius 3 is 2.61 bits per heavy atom. The van der Waals surface area contributed by atoms with Gasteiger partial charge in [0.1, 0.15) is 0 Å². The van der Waals surface area contributed by atoms with Gasteiger partial charge in [-0.3, -0.25) is 0 Å². The first-order valence-electron chi connectivity index (χ1n) is 5.84. The van der Waals surface area contributed by atoms with Crippen molar-refractivity contribution in [3.05, 3.63) is 36.0 Å². The lowest BCUT2D eigenvalue weighted by molar-refractivity contribution is -0.135. The van der Waals surface area contributed by atoms with E-state index in [1.165, 1.54) is 0 Å². The van der Waals surface area contributed by atoms with E-state index in [9.17, 15) is 13.2 Å². The molecule has 0 saturated carbocycles. The quantitative estimate of drug-likeness (QED) is 0.892. The van der Waals surface area contributed by atoms with Crippen LogP contribution in [0.5, 0.6) is 0 Å². The monoisotopic (exact) mass is 256 g/mol. The lowest BCUT2D eigenvalue weighted by Gasteiger charge is -2.08. The van der Waals surface area contributed by atoms with Crippen LogP contribution >= 0.6 is 0 Å². The van der Waals surface area contributed by atoms with Crippen molar-refractivity contribution in [3.8, 4) is 0 Å². The predicted molar refractivity (Wildman–Crippen MR) is 65.1 cm³/mol. The number of halogens is 3. The number of fused-ring (bicyclic) bond motifs is 1. The van der Waals surface area contributed by atoms with Gasteiger partial charge in [0.05, 0.1) is 0 Å². The molecule has 2 N–H and O–H groups in total. The van der Waals surface area contributed by atoms with Crippen molar-refractivity contribution in [1.82, 2.24) is 4.57 Å². The van der Waals surface area contributed by atoms with Gasteiger partial charge in [0, 0.05) is 31.2 Å². The Bertz CT molecular complexity index is 529. The van der Waals surface area contributed by atoms with Crippen LogP contribution < -0.4 is 5.73 Å². The van der Waals surface area contributed by atoms with Crippen LogP contribution in [0.25, 0.3) is 10.9 Å². The standard InChI is InChI=1S/C13H15F3N2/c14-13(15,16)5-1-6-18-7-4-11-8-10(9-17)2-3-12(11)18/h2-4,7-8H,1,5-6,9,17H2. The third-order valence-electron chi connectivity index (χ3n) is 2.93. The second kappa shape index (κ2) is 5.02. The zero-order valence-corrected chi connectivity index (χ0v) is 9.87. The predicted octanol–water partition coefficient (Wildman–Crippen LogP) is 3.44. The molecular formula is C13H15F3N2. The first kappa shape index (κ1) is 13.0. The Morgan fingerprint density at radius 2 is 1.94 bits per heavy atom. The summed E-state index contributed by atoms with van der Waals surface area (Å²) in [6.07, 6.45) is -2.89. The molecule has 0 atom stereocenters. The second-order valence-electron chi connectivity index (χ2n) is 4.33. The summed E-state index contributed by atoms with van der Waals surface area (Å²) in [5, 5.41) is 1.02. The van der Waals surface area contributed by atoms with Gasteiger partial charge in [0.15, 0.2) is 0 Å². The molecule has 2 nitrogen and oxygen atoms in total. The number of alkyl halides is 3. The van der Waals surface area contributed by atoms with Gasteiger partial charge in [0.2, 0.25) is 0 Å². The molecule has 0 fully saturated rings. The van der Waals surface area contributed by atoms with E-state index in [4.69, 9.17) is 5.73 Å². The average molecular weight is 256 g/mol. The molecule has 5 heteroatoms. The van der Waals surface area contributed by atoms with Gasteiger partial charge in [-0.1, -0.05) is 6.07 Å². The fraction of sp³-hybridized carbons (Fsp3) is 0.385. The van der Waals surface area contributed by atoms with E-state index >= 15 is 0 Å². The summed E-state index contributed by atoms with van der Waals surface area (Å²) in [6, 6.07) is 7.69. The van der Waals surface area contributed by atoms with Crippen molar-refractivity contribution >= 4 is 10.9 Å². The molecule has 0 amide bonds. The van der Waals surface area contributed by atoms with Gasteiger partial charge in [-0.15, -0.1) is 0 Å². The number of nitrogens with zero attached hydrogens (tertiary/aromatic N) is 1. The molecule has 0 spiro atoms. The summed E-state index contributed by atoms with van der Waals surface area (Å²) in [4.78, 5) is 0. The van der Waals surface area contributed by atoms with Gasteiger partial charge < -0.3 is 10.3 Å². The van der Waals surface area contributed by atoms with E-state index in [-0.39, 0.29) is 6.42 Å². The molecule has 0 unspecified atom stereocenters. The van der Waals surface area contributed by atoms with Crippen molar-refractivity contribution in [3.63, 3.8) is 0 Å². The Balaban J connectivity index is 2.10. The number of aryl methyl sites for hydroxylation is 1. The largest absolute Gasteiger partial charge is 0.389 e. The first-order valence-corrected chi connectivity index (χ1v) is 5.84. The van der Waals surface area contributed by atoms with E-state index in [1.807, 2.05) is 35.0 Å². The number of hydrogen-bond donors (Lipinski definition) is 1. The molecule has 0 aliphatic heterocycles. The smallest absolute Gasteiger partial charge is 0.347 e. The van der Waals surface area contributed by atoms with E-state index in [0.29, 0.717) is 13.1 Å². The summed E-state index contributed by atoms with van der Waals surface area (Å²) >= 11 is 0. The first-order chi connectivity index (χ1) is 8.49. The maximum Gasteiger partial charge on any atom is 0.389 e. The highest BCUT2D eigenvalue weighted by molar-refractivity contribution is 5.80. The maximum absolute atomic E-state index is 12.1. The van der Waals surface area contributed by atoms with Gasteiger partial charge in [-0.25, -0.2) is 0 Å². The molecule has 1 aromatic carbocycles. The highest BCUT2D eigenvalue weighted by Gasteiger charge is 2.26. The van der Waals surface area contributed by atoms with E-state index < -0.39 is 12.6 Å². The summed E-state index contributed by atoms with van der Waals surface area (Å²) in [5.41, 5.74) is 7.52. The Kier molecular flexibility index (Phi) is 3.61. The van der Waals surface area contributed by atoms with Crippen LogP contribution in [-0.2, 0) is 13.1 Å². The molecule has 0 saturated heterocycles. The van der Waals surface area contributed by atoms with Crippen LogP contribution in [0.2, 0.25) is 0 Å². The average Bonchev–Trinajstić information content (AvgIpc) is 2.70. The minimum Gasteiger partial charge on any atom is -0.347 e. The zero-order chi connectivity index (χ0) is 13.2. The molecule has 0 aliphatic carbocycles.